The molecular formula is C25H29N5O2. The molecular weight excluding hydrogens is 402 g/mol. The Morgan fingerprint density at radius 3 is 2.62 bits per heavy atom. The third-order valence-corrected chi connectivity index (χ3v) is 5.81. The summed E-state index contributed by atoms with van der Waals surface area (Å²) >= 11 is 0. The van der Waals surface area contributed by atoms with Crippen LogP contribution in [0.5, 0.6) is 5.75 Å². The lowest BCUT2D eigenvalue weighted by atomic mass is 10.1. The Morgan fingerprint density at radius 1 is 1.06 bits per heavy atom. The molecule has 0 bridgehead atoms. The van der Waals surface area contributed by atoms with Crippen LogP contribution in [0.25, 0.3) is 33.4 Å². The lowest BCUT2D eigenvalue weighted by Crippen LogP contribution is -2.44. The second kappa shape index (κ2) is 7.74. The molecule has 1 saturated heterocycles. The monoisotopic (exact) mass is 431 g/mol. The van der Waals surface area contributed by atoms with E-state index in [1.165, 1.54) is 0 Å². The molecule has 5 rings (SSSR count). The molecule has 1 atom stereocenters. The smallest absolute Gasteiger partial charge is 0.195 e. The number of phenols is 1. The van der Waals surface area contributed by atoms with Gasteiger partial charge in [0.05, 0.1) is 16.7 Å². The van der Waals surface area contributed by atoms with Crippen molar-refractivity contribution in [1.82, 2.24) is 20.3 Å². The van der Waals surface area contributed by atoms with Crippen LogP contribution < -0.4 is 10.2 Å². The minimum Gasteiger partial charge on any atom is -0.507 e. The largest absolute Gasteiger partial charge is 0.507 e. The standard InChI is InChI=1S/C25H29N5O2/c1-5-24-28-20-13-21(31)16(12-22(20)32-24)17-6-7-19-18(26-17)8-9-23(27-19)30-11-10-15(14-30)29-25(2,3)4/h6-9,12-13,15,29,31H,5,10-11,14H2,1-4H3/t15-/m1/s1. The summed E-state index contributed by atoms with van der Waals surface area (Å²) in [7, 11) is 0. The fraction of sp³-hybridized carbons (Fsp3) is 0.400. The molecule has 0 aliphatic carbocycles. The van der Waals surface area contributed by atoms with E-state index in [1.807, 2.05) is 31.2 Å². The number of aryl methyl sites for hydroxylation is 1. The molecule has 2 N–H and O–H groups in total. The Morgan fingerprint density at radius 2 is 1.84 bits per heavy atom. The zero-order valence-corrected chi connectivity index (χ0v) is 19.0. The van der Waals surface area contributed by atoms with Crippen LogP contribution in [0.15, 0.2) is 40.8 Å². The molecule has 7 heteroatoms. The van der Waals surface area contributed by atoms with Crippen LogP contribution in [0.2, 0.25) is 0 Å². The van der Waals surface area contributed by atoms with Gasteiger partial charge in [-0.1, -0.05) is 6.92 Å². The first kappa shape index (κ1) is 20.7. The lowest BCUT2D eigenvalue weighted by Gasteiger charge is -2.26. The van der Waals surface area contributed by atoms with Gasteiger partial charge in [-0.3, -0.25) is 0 Å². The average Bonchev–Trinajstić information content (AvgIpc) is 3.37. The van der Waals surface area contributed by atoms with Crippen LogP contribution in [0.1, 0.15) is 40.0 Å². The molecule has 4 heterocycles. The highest BCUT2D eigenvalue weighted by atomic mass is 16.3. The van der Waals surface area contributed by atoms with Crippen LogP contribution in [0.3, 0.4) is 0 Å². The molecule has 0 spiro atoms. The second-order valence-electron chi connectivity index (χ2n) is 9.53. The van der Waals surface area contributed by atoms with E-state index in [1.54, 1.807) is 12.1 Å². The van der Waals surface area contributed by atoms with Crippen molar-refractivity contribution in [3.05, 3.63) is 42.3 Å². The lowest BCUT2D eigenvalue weighted by molar-refractivity contribution is 0.373. The van der Waals surface area contributed by atoms with Crippen molar-refractivity contribution < 1.29 is 9.52 Å². The zero-order chi connectivity index (χ0) is 22.5. The topological polar surface area (TPSA) is 87.3 Å². The van der Waals surface area contributed by atoms with Crippen molar-refractivity contribution >= 4 is 28.0 Å². The molecule has 32 heavy (non-hydrogen) atoms. The van der Waals surface area contributed by atoms with Crippen molar-refractivity contribution in [3.63, 3.8) is 0 Å². The molecule has 0 amide bonds. The highest BCUT2D eigenvalue weighted by molar-refractivity contribution is 5.86. The quantitative estimate of drug-likeness (QED) is 0.485. The van der Waals surface area contributed by atoms with Crippen LogP contribution in [-0.4, -0.2) is 44.7 Å². The molecule has 1 fully saturated rings. The van der Waals surface area contributed by atoms with Gasteiger partial charge in [-0.15, -0.1) is 0 Å². The number of rotatable bonds is 4. The van der Waals surface area contributed by atoms with Gasteiger partial charge >= 0.3 is 0 Å². The van der Waals surface area contributed by atoms with Crippen molar-refractivity contribution in [3.8, 4) is 17.0 Å². The van der Waals surface area contributed by atoms with E-state index in [9.17, 15) is 5.11 Å². The fourth-order valence-corrected chi connectivity index (χ4v) is 4.39. The van der Waals surface area contributed by atoms with Crippen molar-refractivity contribution in [1.29, 1.82) is 0 Å². The number of nitrogens with zero attached hydrogens (tertiary/aromatic N) is 4. The Kier molecular flexibility index (Phi) is 5.01. The third kappa shape index (κ3) is 4.00. The number of phenolic OH excluding ortho intramolecular Hbond substituents is 1. The van der Waals surface area contributed by atoms with Gasteiger partial charge in [0.2, 0.25) is 0 Å². The molecule has 1 aromatic carbocycles. The van der Waals surface area contributed by atoms with Gasteiger partial charge in [0.15, 0.2) is 11.5 Å². The first-order valence-electron chi connectivity index (χ1n) is 11.2. The van der Waals surface area contributed by atoms with Crippen LogP contribution in [-0.2, 0) is 6.42 Å². The summed E-state index contributed by atoms with van der Waals surface area (Å²) < 4.78 is 5.76. The van der Waals surface area contributed by atoms with E-state index >= 15 is 0 Å². The molecule has 7 nitrogen and oxygen atoms in total. The van der Waals surface area contributed by atoms with E-state index in [-0.39, 0.29) is 11.3 Å². The summed E-state index contributed by atoms with van der Waals surface area (Å²) in [5.74, 6) is 1.77. The predicted octanol–water partition coefficient (Wildman–Crippen LogP) is 4.67. The Balaban J connectivity index is 1.42. The number of oxazole rings is 1. The van der Waals surface area contributed by atoms with Crippen molar-refractivity contribution in [2.75, 3.05) is 18.0 Å². The summed E-state index contributed by atoms with van der Waals surface area (Å²) in [6.45, 7) is 10.5. The average molecular weight is 432 g/mol. The Labute approximate surface area is 187 Å². The molecule has 1 aliphatic rings. The minimum atomic E-state index is 0.107. The molecule has 0 unspecified atom stereocenters. The van der Waals surface area contributed by atoms with Gasteiger partial charge in [-0.2, -0.15) is 0 Å². The predicted molar refractivity (Wildman–Crippen MR) is 127 cm³/mol. The number of fused-ring (bicyclic) bond motifs is 2. The number of aromatic nitrogens is 3. The summed E-state index contributed by atoms with van der Waals surface area (Å²) in [6, 6.07) is 11.8. The van der Waals surface area contributed by atoms with E-state index < -0.39 is 0 Å². The van der Waals surface area contributed by atoms with Gasteiger partial charge in [0, 0.05) is 42.7 Å². The van der Waals surface area contributed by atoms with E-state index in [0.29, 0.717) is 40.7 Å². The summed E-state index contributed by atoms with van der Waals surface area (Å²) in [5.41, 5.74) is 4.34. The van der Waals surface area contributed by atoms with Crippen LogP contribution >= 0.6 is 0 Å². The van der Waals surface area contributed by atoms with E-state index in [4.69, 9.17) is 14.4 Å². The number of aromatic hydroxyl groups is 1. The second-order valence-corrected chi connectivity index (χ2v) is 9.53. The van der Waals surface area contributed by atoms with E-state index in [0.717, 1.165) is 36.4 Å². The highest BCUT2D eigenvalue weighted by Gasteiger charge is 2.26. The number of benzene rings is 1. The fourth-order valence-electron chi connectivity index (χ4n) is 4.39. The van der Waals surface area contributed by atoms with Gasteiger partial charge in [-0.25, -0.2) is 15.0 Å². The zero-order valence-electron chi connectivity index (χ0n) is 19.0. The molecule has 1 aliphatic heterocycles. The van der Waals surface area contributed by atoms with Gasteiger partial charge in [0.25, 0.3) is 0 Å². The summed E-state index contributed by atoms with van der Waals surface area (Å²) in [5, 5.41) is 14.2. The van der Waals surface area contributed by atoms with Crippen molar-refractivity contribution in [2.24, 2.45) is 0 Å². The molecule has 0 saturated carbocycles. The molecule has 4 aromatic rings. The minimum absolute atomic E-state index is 0.107. The number of hydrogen-bond donors (Lipinski definition) is 2. The number of anilines is 1. The van der Waals surface area contributed by atoms with Crippen molar-refractivity contribution in [2.45, 2.75) is 52.1 Å². The molecule has 3 aromatic heterocycles. The van der Waals surface area contributed by atoms with E-state index in [2.05, 4.69) is 36.0 Å². The van der Waals surface area contributed by atoms with Crippen LogP contribution in [0.4, 0.5) is 5.82 Å². The number of hydrogen-bond acceptors (Lipinski definition) is 7. The first-order chi connectivity index (χ1) is 15.3. The normalized spacial score (nSPS) is 17.0. The van der Waals surface area contributed by atoms with Gasteiger partial charge in [0.1, 0.15) is 17.1 Å². The number of nitrogens with one attached hydrogen (secondary N) is 1. The SMILES string of the molecule is CCc1nc2cc(O)c(-c3ccc4nc(N5CC[C@@H](NC(C)(C)C)C5)ccc4n3)cc2o1. The van der Waals surface area contributed by atoms with Gasteiger partial charge < -0.3 is 19.7 Å². The Bertz CT molecular complexity index is 1290. The maximum absolute atomic E-state index is 10.6. The Hall–Kier alpha value is -3.19. The maximum atomic E-state index is 10.6. The third-order valence-electron chi connectivity index (χ3n) is 5.81. The first-order valence-corrected chi connectivity index (χ1v) is 11.2. The molecule has 0 radical (unpaired) electrons. The van der Waals surface area contributed by atoms with Gasteiger partial charge in [-0.05, 0) is 57.5 Å². The summed E-state index contributed by atoms with van der Waals surface area (Å²) in [6.07, 6.45) is 1.81. The molecule has 166 valence electrons. The highest BCUT2D eigenvalue weighted by Crippen LogP contribution is 2.34. The van der Waals surface area contributed by atoms with Crippen LogP contribution in [0, 0.1) is 0 Å². The number of pyridine rings is 2. The maximum Gasteiger partial charge on any atom is 0.195 e. The summed E-state index contributed by atoms with van der Waals surface area (Å²) in [4.78, 5) is 16.3.